The first-order valence-corrected chi connectivity index (χ1v) is 8.15. The molecule has 1 heterocycles. The van der Waals surface area contributed by atoms with Crippen molar-refractivity contribution in [2.24, 2.45) is 5.92 Å². The van der Waals surface area contributed by atoms with E-state index in [1.165, 1.54) is 18.7 Å². The summed E-state index contributed by atoms with van der Waals surface area (Å²) < 4.78 is 0. The average molecular weight is 307 g/mol. The molecule has 1 aromatic rings. The first kappa shape index (κ1) is 16.2. The molecule has 0 amide bonds. The Labute approximate surface area is 129 Å². The molecule has 2 rings (SSSR count). The highest BCUT2D eigenvalue weighted by Gasteiger charge is 2.29. The molecule has 4 nitrogen and oxygen atoms in total. The van der Waals surface area contributed by atoms with Gasteiger partial charge in [-0.2, -0.15) is 0 Å². The van der Waals surface area contributed by atoms with Gasteiger partial charge in [0.25, 0.3) is 0 Å². The molecule has 0 saturated carbocycles. The normalized spacial score (nSPS) is 17.2. The van der Waals surface area contributed by atoms with Crippen LogP contribution in [0.1, 0.15) is 23.7 Å². The van der Waals surface area contributed by atoms with Crippen molar-refractivity contribution >= 4 is 22.7 Å². The minimum absolute atomic E-state index is 0.0396. The van der Waals surface area contributed by atoms with E-state index in [0.29, 0.717) is 24.6 Å². The number of aliphatic hydroxyl groups is 1. The van der Waals surface area contributed by atoms with Crippen molar-refractivity contribution in [2.45, 2.75) is 19.4 Å². The number of likely N-dealkylation sites (tertiary alicyclic amines) is 1. The third-order valence-electron chi connectivity index (χ3n) is 3.58. The molecule has 0 bridgehead atoms. The lowest BCUT2D eigenvalue weighted by atomic mass is 9.93. The monoisotopic (exact) mass is 307 g/mol. The van der Waals surface area contributed by atoms with Gasteiger partial charge in [0.05, 0.1) is 12.6 Å². The molecular weight excluding hydrogens is 286 g/mol. The third kappa shape index (κ3) is 5.26. The minimum atomic E-state index is -0.434. The van der Waals surface area contributed by atoms with Crippen LogP contribution >= 0.6 is 11.8 Å². The van der Waals surface area contributed by atoms with Gasteiger partial charge in [0.1, 0.15) is 0 Å². The highest BCUT2D eigenvalue weighted by Crippen LogP contribution is 2.22. The Kier molecular flexibility index (Phi) is 5.96. The minimum Gasteiger partial charge on any atom is -0.392 e. The summed E-state index contributed by atoms with van der Waals surface area (Å²) in [6.45, 7) is 3.65. The van der Waals surface area contributed by atoms with Crippen molar-refractivity contribution in [3.05, 3.63) is 35.9 Å². The lowest BCUT2D eigenvalue weighted by Gasteiger charge is -2.39. The molecule has 1 fully saturated rings. The van der Waals surface area contributed by atoms with Gasteiger partial charge in [-0.15, -0.1) is 0 Å². The van der Waals surface area contributed by atoms with E-state index < -0.39 is 6.10 Å². The molecule has 0 spiro atoms. The number of carbonyl (C=O) groups excluding carboxylic acids is 2. The second kappa shape index (κ2) is 7.73. The molecule has 0 aliphatic carbocycles. The predicted molar refractivity (Wildman–Crippen MR) is 84.5 cm³/mol. The molecule has 0 radical (unpaired) electrons. The van der Waals surface area contributed by atoms with Crippen molar-refractivity contribution in [3.8, 4) is 0 Å². The topological polar surface area (TPSA) is 57.6 Å². The Morgan fingerprint density at radius 1 is 1.33 bits per heavy atom. The average Bonchev–Trinajstić information content (AvgIpc) is 2.43. The molecule has 114 valence electrons. The third-order valence-corrected chi connectivity index (χ3v) is 4.54. The predicted octanol–water partition coefficient (Wildman–Crippen LogP) is 1.83. The molecule has 1 N–H and O–H groups in total. The highest BCUT2D eigenvalue weighted by molar-refractivity contribution is 8.13. The zero-order valence-electron chi connectivity index (χ0n) is 12.2. The number of rotatable bonds is 7. The number of hydrogen-bond donors (Lipinski definition) is 1. The molecule has 1 aromatic carbocycles. The summed E-state index contributed by atoms with van der Waals surface area (Å²) in [5.41, 5.74) is 0.749. The quantitative estimate of drug-likeness (QED) is 0.779. The van der Waals surface area contributed by atoms with Crippen molar-refractivity contribution in [3.63, 3.8) is 0 Å². The number of ketones is 1. The fourth-order valence-corrected chi connectivity index (χ4v) is 3.10. The summed E-state index contributed by atoms with van der Waals surface area (Å²) in [5.74, 6) is 1.03. The molecular formula is C16H21NO3S. The van der Waals surface area contributed by atoms with Gasteiger partial charge in [-0.25, -0.2) is 0 Å². The second-order valence-electron chi connectivity index (χ2n) is 5.54. The van der Waals surface area contributed by atoms with Crippen LogP contribution in [0, 0.1) is 5.92 Å². The molecule has 1 saturated heterocycles. The Bertz CT molecular complexity index is 486. The largest absolute Gasteiger partial charge is 0.392 e. The highest BCUT2D eigenvalue weighted by atomic mass is 32.2. The van der Waals surface area contributed by atoms with E-state index in [2.05, 4.69) is 4.90 Å². The number of thioether (sulfide) groups is 1. The van der Waals surface area contributed by atoms with Crippen LogP contribution in [0.15, 0.2) is 30.3 Å². The SMILES string of the molecule is CC(=O)SC[C@H](O)CC1CN(CC(=O)c2ccccc2)C1. The fourth-order valence-electron chi connectivity index (χ4n) is 2.54. The van der Waals surface area contributed by atoms with Crippen LogP contribution in [0.4, 0.5) is 0 Å². The number of aliphatic hydroxyl groups excluding tert-OH is 1. The number of benzene rings is 1. The van der Waals surface area contributed by atoms with Gasteiger partial charge in [0.15, 0.2) is 10.9 Å². The summed E-state index contributed by atoms with van der Waals surface area (Å²) in [7, 11) is 0. The van der Waals surface area contributed by atoms with Gasteiger partial charge in [-0.1, -0.05) is 42.1 Å². The van der Waals surface area contributed by atoms with Gasteiger partial charge >= 0.3 is 0 Å². The second-order valence-corrected chi connectivity index (χ2v) is 6.74. The van der Waals surface area contributed by atoms with E-state index in [0.717, 1.165) is 18.7 Å². The van der Waals surface area contributed by atoms with Gasteiger partial charge < -0.3 is 5.11 Å². The Morgan fingerprint density at radius 2 is 2.00 bits per heavy atom. The van der Waals surface area contributed by atoms with Gasteiger partial charge in [0, 0.05) is 31.3 Å². The number of Topliss-reactive ketones (excluding diaryl/α,β-unsaturated/α-hetero) is 1. The zero-order chi connectivity index (χ0) is 15.2. The van der Waals surface area contributed by atoms with Crippen LogP contribution in [0.2, 0.25) is 0 Å². The van der Waals surface area contributed by atoms with E-state index in [1.54, 1.807) is 0 Å². The van der Waals surface area contributed by atoms with Crippen LogP contribution in [-0.4, -0.2) is 52.4 Å². The number of nitrogens with zero attached hydrogens (tertiary/aromatic N) is 1. The van der Waals surface area contributed by atoms with Crippen molar-refractivity contribution in [1.82, 2.24) is 4.90 Å². The summed E-state index contributed by atoms with van der Waals surface area (Å²) in [5, 5.41) is 9.86. The standard InChI is InChI=1S/C16H21NO3S/c1-12(18)21-11-15(19)7-13-8-17(9-13)10-16(20)14-5-3-2-4-6-14/h2-6,13,15,19H,7-11H2,1H3/t15-/m1/s1. The molecule has 0 unspecified atom stereocenters. The fraction of sp³-hybridized carbons (Fsp3) is 0.500. The molecule has 5 heteroatoms. The van der Waals surface area contributed by atoms with Crippen LogP contribution in [0.25, 0.3) is 0 Å². The van der Waals surface area contributed by atoms with E-state index >= 15 is 0 Å². The van der Waals surface area contributed by atoms with E-state index in [1.807, 2.05) is 30.3 Å². The van der Waals surface area contributed by atoms with E-state index in [9.17, 15) is 14.7 Å². The van der Waals surface area contributed by atoms with Gasteiger partial charge in [-0.05, 0) is 12.3 Å². The number of hydrogen-bond acceptors (Lipinski definition) is 5. The van der Waals surface area contributed by atoms with Crippen LogP contribution in [0.3, 0.4) is 0 Å². The Morgan fingerprint density at radius 3 is 2.62 bits per heavy atom. The van der Waals surface area contributed by atoms with Crippen molar-refractivity contribution < 1.29 is 14.7 Å². The molecule has 21 heavy (non-hydrogen) atoms. The lowest BCUT2D eigenvalue weighted by molar-refractivity contribution is -0.109. The van der Waals surface area contributed by atoms with Crippen LogP contribution in [-0.2, 0) is 4.79 Å². The maximum atomic E-state index is 12.0. The zero-order valence-corrected chi connectivity index (χ0v) is 13.0. The summed E-state index contributed by atoms with van der Waals surface area (Å²) in [6.07, 6.45) is 0.270. The van der Waals surface area contributed by atoms with Crippen LogP contribution in [0.5, 0.6) is 0 Å². The molecule has 0 aromatic heterocycles. The van der Waals surface area contributed by atoms with Gasteiger partial charge in [-0.3, -0.25) is 14.5 Å². The van der Waals surface area contributed by atoms with Crippen molar-refractivity contribution in [2.75, 3.05) is 25.4 Å². The molecule has 1 atom stereocenters. The smallest absolute Gasteiger partial charge is 0.185 e. The van der Waals surface area contributed by atoms with Crippen molar-refractivity contribution in [1.29, 1.82) is 0 Å². The first-order chi connectivity index (χ1) is 10.0. The van der Waals surface area contributed by atoms with Crippen LogP contribution < -0.4 is 0 Å². The van der Waals surface area contributed by atoms with Gasteiger partial charge in [0.2, 0.25) is 0 Å². The summed E-state index contributed by atoms with van der Waals surface area (Å²) in [6, 6.07) is 9.31. The van der Waals surface area contributed by atoms with E-state index in [4.69, 9.17) is 0 Å². The first-order valence-electron chi connectivity index (χ1n) is 7.16. The summed E-state index contributed by atoms with van der Waals surface area (Å²) >= 11 is 1.17. The molecule has 1 aliphatic rings. The number of carbonyl (C=O) groups is 2. The maximum absolute atomic E-state index is 12.0. The lowest BCUT2D eigenvalue weighted by Crippen LogP contribution is -2.49. The maximum Gasteiger partial charge on any atom is 0.185 e. The Balaban J connectivity index is 1.65. The summed E-state index contributed by atoms with van der Waals surface area (Å²) in [4.78, 5) is 25.0. The molecule has 1 aliphatic heterocycles. The van der Waals surface area contributed by atoms with E-state index in [-0.39, 0.29) is 10.9 Å². The Hall–Kier alpha value is -1.17.